The van der Waals surface area contributed by atoms with E-state index < -0.39 is 0 Å². The summed E-state index contributed by atoms with van der Waals surface area (Å²) in [6.45, 7) is 14.6. The Bertz CT molecular complexity index is 238. The van der Waals surface area contributed by atoms with Crippen LogP contribution in [0.15, 0.2) is 0 Å². The van der Waals surface area contributed by atoms with Crippen LogP contribution >= 0.6 is 0 Å². The van der Waals surface area contributed by atoms with Crippen molar-refractivity contribution in [1.82, 2.24) is 20.0 Å². The summed E-state index contributed by atoms with van der Waals surface area (Å²) in [6, 6.07) is 0.575. The molecule has 1 atom stereocenters. The lowest BCUT2D eigenvalue weighted by Gasteiger charge is -2.33. The monoisotopic (exact) mass is 270 g/mol. The van der Waals surface area contributed by atoms with Crippen LogP contribution in [0.2, 0.25) is 0 Å². The molecule has 0 aromatic rings. The number of rotatable bonds is 6. The summed E-state index contributed by atoms with van der Waals surface area (Å²) in [5.74, 6) is 0. The van der Waals surface area contributed by atoms with Gasteiger partial charge in [0, 0.05) is 64.9 Å². The third-order valence-electron chi connectivity index (χ3n) is 4.15. The molecule has 2 aliphatic heterocycles. The Morgan fingerprint density at radius 3 is 2.37 bits per heavy atom. The number of ether oxygens (including phenoxy) is 1. The minimum atomic E-state index is 0.575. The maximum atomic E-state index is 5.38. The van der Waals surface area contributed by atoms with E-state index in [4.69, 9.17) is 4.74 Å². The van der Waals surface area contributed by atoms with Gasteiger partial charge >= 0.3 is 0 Å². The van der Waals surface area contributed by atoms with Gasteiger partial charge in [0.25, 0.3) is 0 Å². The Morgan fingerprint density at radius 2 is 1.68 bits per heavy atom. The molecule has 2 fully saturated rings. The molecule has 0 saturated carbocycles. The van der Waals surface area contributed by atoms with Crippen molar-refractivity contribution in [2.24, 2.45) is 0 Å². The van der Waals surface area contributed by atoms with Crippen molar-refractivity contribution in [3.63, 3.8) is 0 Å². The van der Waals surface area contributed by atoms with Gasteiger partial charge in [0.2, 0.25) is 0 Å². The van der Waals surface area contributed by atoms with Crippen LogP contribution in [0.1, 0.15) is 6.92 Å². The summed E-state index contributed by atoms with van der Waals surface area (Å²) in [5.41, 5.74) is 0. The van der Waals surface area contributed by atoms with Gasteiger partial charge in [-0.2, -0.15) is 0 Å². The van der Waals surface area contributed by atoms with Crippen molar-refractivity contribution in [3.05, 3.63) is 0 Å². The number of nitrogens with zero attached hydrogens (tertiary/aromatic N) is 3. The lowest BCUT2D eigenvalue weighted by atomic mass is 10.2. The van der Waals surface area contributed by atoms with Crippen LogP contribution in [-0.2, 0) is 4.74 Å². The molecule has 0 radical (unpaired) electrons. The van der Waals surface area contributed by atoms with Gasteiger partial charge in [0.15, 0.2) is 0 Å². The topological polar surface area (TPSA) is 31.0 Å². The van der Waals surface area contributed by atoms with Crippen molar-refractivity contribution in [2.45, 2.75) is 13.0 Å². The highest BCUT2D eigenvalue weighted by molar-refractivity contribution is 4.73. The molecule has 0 spiro atoms. The van der Waals surface area contributed by atoms with Crippen LogP contribution in [0.25, 0.3) is 0 Å². The Labute approximate surface area is 117 Å². The molecule has 5 heteroatoms. The van der Waals surface area contributed by atoms with E-state index in [0.29, 0.717) is 6.04 Å². The fraction of sp³-hybridized carbons (Fsp3) is 1.00. The Morgan fingerprint density at radius 1 is 1.00 bits per heavy atom. The third-order valence-corrected chi connectivity index (χ3v) is 4.15. The van der Waals surface area contributed by atoms with Crippen molar-refractivity contribution < 1.29 is 4.74 Å². The summed E-state index contributed by atoms with van der Waals surface area (Å²) in [4.78, 5) is 7.47. The minimum absolute atomic E-state index is 0.575. The molecule has 2 aliphatic rings. The molecular weight excluding hydrogens is 240 g/mol. The summed E-state index contributed by atoms with van der Waals surface area (Å²) < 4.78 is 5.38. The zero-order chi connectivity index (χ0) is 13.5. The molecule has 2 saturated heterocycles. The Kier molecular flexibility index (Phi) is 6.53. The molecule has 1 unspecified atom stereocenters. The molecular formula is C14H30N4O. The quantitative estimate of drug-likeness (QED) is 0.706. The first kappa shape index (κ1) is 15.2. The van der Waals surface area contributed by atoms with Crippen LogP contribution in [-0.4, -0.2) is 99.9 Å². The van der Waals surface area contributed by atoms with E-state index in [1.807, 2.05) is 0 Å². The van der Waals surface area contributed by atoms with Crippen molar-refractivity contribution in [2.75, 3.05) is 79.2 Å². The van der Waals surface area contributed by atoms with Gasteiger partial charge in [-0.1, -0.05) is 0 Å². The predicted octanol–water partition coefficient (Wildman–Crippen LogP) is -0.456. The molecule has 0 bridgehead atoms. The summed E-state index contributed by atoms with van der Waals surface area (Å²) in [7, 11) is 2.21. The minimum Gasteiger partial charge on any atom is -0.379 e. The molecule has 0 aliphatic carbocycles. The fourth-order valence-electron chi connectivity index (χ4n) is 2.78. The second-order valence-electron chi connectivity index (χ2n) is 5.91. The molecule has 0 aromatic carbocycles. The SMILES string of the molecule is CC(CN1CCOCC1)NCCN1CCN(C)CC1. The van der Waals surface area contributed by atoms with Gasteiger partial charge in [0.1, 0.15) is 0 Å². The second-order valence-corrected chi connectivity index (χ2v) is 5.91. The van der Waals surface area contributed by atoms with E-state index in [-0.39, 0.29) is 0 Å². The van der Waals surface area contributed by atoms with E-state index in [1.165, 1.54) is 32.7 Å². The summed E-state index contributed by atoms with van der Waals surface area (Å²) >= 11 is 0. The first-order valence-corrected chi connectivity index (χ1v) is 7.68. The number of morpholine rings is 1. The first-order chi connectivity index (χ1) is 9.24. The number of nitrogens with one attached hydrogen (secondary N) is 1. The van der Waals surface area contributed by atoms with Crippen LogP contribution in [0, 0.1) is 0 Å². The Hall–Kier alpha value is -0.200. The summed E-state index contributed by atoms with van der Waals surface area (Å²) in [5, 5.41) is 3.65. The molecule has 112 valence electrons. The van der Waals surface area contributed by atoms with E-state index in [1.54, 1.807) is 0 Å². The maximum Gasteiger partial charge on any atom is 0.0594 e. The van der Waals surface area contributed by atoms with E-state index in [9.17, 15) is 0 Å². The van der Waals surface area contributed by atoms with Crippen molar-refractivity contribution >= 4 is 0 Å². The average molecular weight is 270 g/mol. The van der Waals surface area contributed by atoms with Crippen LogP contribution in [0.5, 0.6) is 0 Å². The molecule has 2 rings (SSSR count). The van der Waals surface area contributed by atoms with Crippen LogP contribution < -0.4 is 5.32 Å². The number of hydrogen-bond donors (Lipinski definition) is 1. The standard InChI is InChI=1S/C14H30N4O/c1-14(13-18-9-11-19-12-10-18)15-3-4-17-7-5-16(2)6-8-17/h14-15H,3-13H2,1-2H3. The molecule has 0 aromatic heterocycles. The van der Waals surface area contributed by atoms with Gasteiger partial charge in [0.05, 0.1) is 13.2 Å². The highest BCUT2D eigenvalue weighted by atomic mass is 16.5. The van der Waals surface area contributed by atoms with Crippen molar-refractivity contribution in [1.29, 1.82) is 0 Å². The van der Waals surface area contributed by atoms with E-state index in [2.05, 4.69) is 34.0 Å². The lowest BCUT2D eigenvalue weighted by Crippen LogP contribution is -2.49. The molecule has 1 N–H and O–H groups in total. The highest BCUT2D eigenvalue weighted by Gasteiger charge is 2.15. The van der Waals surface area contributed by atoms with Gasteiger partial charge in [-0.3, -0.25) is 9.80 Å². The second kappa shape index (κ2) is 8.17. The molecule has 2 heterocycles. The third kappa shape index (κ3) is 5.75. The smallest absolute Gasteiger partial charge is 0.0594 e. The largest absolute Gasteiger partial charge is 0.379 e. The van der Waals surface area contributed by atoms with E-state index in [0.717, 1.165) is 39.4 Å². The van der Waals surface area contributed by atoms with Gasteiger partial charge < -0.3 is 15.0 Å². The molecule has 0 amide bonds. The van der Waals surface area contributed by atoms with Gasteiger partial charge in [-0.15, -0.1) is 0 Å². The normalized spacial score (nSPS) is 25.6. The van der Waals surface area contributed by atoms with Gasteiger partial charge in [-0.05, 0) is 14.0 Å². The van der Waals surface area contributed by atoms with Crippen LogP contribution in [0.3, 0.4) is 0 Å². The van der Waals surface area contributed by atoms with Crippen molar-refractivity contribution in [3.8, 4) is 0 Å². The predicted molar refractivity (Wildman–Crippen MR) is 78.7 cm³/mol. The lowest BCUT2D eigenvalue weighted by molar-refractivity contribution is 0.0342. The average Bonchev–Trinajstić information content (AvgIpc) is 2.42. The zero-order valence-electron chi connectivity index (χ0n) is 12.6. The molecule has 19 heavy (non-hydrogen) atoms. The number of likely N-dealkylation sites (N-methyl/N-ethyl adjacent to an activating group) is 1. The first-order valence-electron chi connectivity index (χ1n) is 7.68. The number of hydrogen-bond acceptors (Lipinski definition) is 5. The van der Waals surface area contributed by atoms with Crippen LogP contribution in [0.4, 0.5) is 0 Å². The Balaban J connectivity index is 1.52. The zero-order valence-corrected chi connectivity index (χ0v) is 12.6. The number of piperazine rings is 1. The highest BCUT2D eigenvalue weighted by Crippen LogP contribution is 2.00. The fourth-order valence-corrected chi connectivity index (χ4v) is 2.78. The summed E-state index contributed by atoms with van der Waals surface area (Å²) in [6.07, 6.45) is 0. The van der Waals surface area contributed by atoms with E-state index >= 15 is 0 Å². The maximum absolute atomic E-state index is 5.38. The van der Waals surface area contributed by atoms with Gasteiger partial charge in [-0.25, -0.2) is 0 Å². The molecule has 5 nitrogen and oxygen atoms in total.